The molecular formula is C11H14ClNO3. The van der Waals surface area contributed by atoms with Crippen LogP contribution in [0.15, 0.2) is 18.2 Å². The molecule has 0 heterocycles. The number of ether oxygens (including phenoxy) is 1. The molecule has 88 valence electrons. The highest BCUT2D eigenvalue weighted by Gasteiger charge is 2.02. The van der Waals surface area contributed by atoms with Gasteiger partial charge in [0, 0.05) is 6.54 Å². The first-order valence-corrected chi connectivity index (χ1v) is 5.25. The van der Waals surface area contributed by atoms with Gasteiger partial charge < -0.3 is 15.2 Å². The van der Waals surface area contributed by atoms with Crippen LogP contribution >= 0.6 is 11.6 Å². The first kappa shape index (κ1) is 12.8. The summed E-state index contributed by atoms with van der Waals surface area (Å²) in [6, 6.07) is 5.47. The van der Waals surface area contributed by atoms with Crippen molar-refractivity contribution in [2.75, 3.05) is 20.3 Å². The van der Waals surface area contributed by atoms with E-state index in [1.807, 2.05) is 6.07 Å². The Morgan fingerprint density at radius 1 is 1.56 bits per heavy atom. The van der Waals surface area contributed by atoms with Gasteiger partial charge in [-0.1, -0.05) is 17.7 Å². The van der Waals surface area contributed by atoms with Gasteiger partial charge in [-0.15, -0.1) is 0 Å². The maximum atomic E-state index is 10.8. The van der Waals surface area contributed by atoms with E-state index in [0.29, 0.717) is 23.7 Å². The molecule has 1 rings (SSSR count). The molecule has 0 fully saturated rings. The summed E-state index contributed by atoms with van der Waals surface area (Å²) in [6.07, 6.45) is 0.662. The maximum Gasteiger partial charge on any atom is 0.245 e. The average molecular weight is 244 g/mol. The molecule has 4 nitrogen and oxygen atoms in total. The van der Waals surface area contributed by atoms with E-state index in [1.54, 1.807) is 19.2 Å². The maximum absolute atomic E-state index is 10.8. The molecule has 0 aliphatic heterocycles. The summed E-state index contributed by atoms with van der Waals surface area (Å²) in [4.78, 5) is 10.8. The van der Waals surface area contributed by atoms with Gasteiger partial charge in [0.05, 0.1) is 12.1 Å². The zero-order chi connectivity index (χ0) is 12.0. The smallest absolute Gasteiger partial charge is 0.245 e. The highest BCUT2D eigenvalue weighted by Crippen LogP contribution is 2.24. The van der Waals surface area contributed by atoms with Crippen LogP contribution in [0.1, 0.15) is 5.56 Å². The largest absolute Gasteiger partial charge is 0.495 e. The fourth-order valence-electron chi connectivity index (χ4n) is 1.27. The van der Waals surface area contributed by atoms with Crippen molar-refractivity contribution in [1.82, 2.24) is 5.32 Å². The number of carbonyl (C=O) groups excluding carboxylic acids is 1. The van der Waals surface area contributed by atoms with E-state index in [4.69, 9.17) is 21.4 Å². The van der Waals surface area contributed by atoms with Crippen LogP contribution in [0.3, 0.4) is 0 Å². The third-order valence-electron chi connectivity index (χ3n) is 2.10. The van der Waals surface area contributed by atoms with Gasteiger partial charge >= 0.3 is 0 Å². The van der Waals surface area contributed by atoms with Crippen LogP contribution in [-0.4, -0.2) is 31.3 Å². The van der Waals surface area contributed by atoms with Gasteiger partial charge in [0.1, 0.15) is 12.4 Å². The quantitative estimate of drug-likeness (QED) is 0.811. The molecule has 16 heavy (non-hydrogen) atoms. The summed E-state index contributed by atoms with van der Waals surface area (Å²) in [7, 11) is 1.56. The van der Waals surface area contributed by atoms with Crippen molar-refractivity contribution in [3.05, 3.63) is 28.8 Å². The number of rotatable bonds is 5. The molecule has 0 bridgehead atoms. The van der Waals surface area contributed by atoms with E-state index in [9.17, 15) is 4.79 Å². The second-order valence-electron chi connectivity index (χ2n) is 3.23. The Morgan fingerprint density at radius 3 is 2.88 bits per heavy atom. The number of hydrogen-bond acceptors (Lipinski definition) is 3. The van der Waals surface area contributed by atoms with E-state index in [1.165, 1.54) is 0 Å². The number of amides is 1. The number of halogens is 1. The summed E-state index contributed by atoms with van der Waals surface area (Å²) < 4.78 is 5.03. The van der Waals surface area contributed by atoms with E-state index >= 15 is 0 Å². The molecule has 1 amide bonds. The molecule has 2 N–H and O–H groups in total. The molecule has 1 aromatic rings. The minimum absolute atomic E-state index is 0.375. The number of benzene rings is 1. The van der Waals surface area contributed by atoms with E-state index in [-0.39, 0.29) is 5.91 Å². The highest BCUT2D eigenvalue weighted by atomic mass is 35.5. The van der Waals surface area contributed by atoms with Crippen molar-refractivity contribution in [2.24, 2.45) is 0 Å². The average Bonchev–Trinajstić information content (AvgIpc) is 2.29. The first-order valence-electron chi connectivity index (χ1n) is 4.87. The van der Waals surface area contributed by atoms with Gasteiger partial charge in [0.2, 0.25) is 5.91 Å². The molecule has 0 spiro atoms. The van der Waals surface area contributed by atoms with Gasteiger partial charge in [-0.2, -0.15) is 0 Å². The van der Waals surface area contributed by atoms with Crippen molar-refractivity contribution in [3.8, 4) is 5.75 Å². The van der Waals surface area contributed by atoms with E-state index in [0.717, 1.165) is 5.56 Å². The van der Waals surface area contributed by atoms with Gasteiger partial charge in [-0.05, 0) is 24.1 Å². The Bertz CT molecular complexity index is 368. The van der Waals surface area contributed by atoms with Crippen molar-refractivity contribution in [1.29, 1.82) is 0 Å². The Hall–Kier alpha value is -1.26. The number of aliphatic hydroxyl groups is 1. The Labute approximate surface area is 99.2 Å². The fraction of sp³-hybridized carbons (Fsp3) is 0.364. The number of nitrogens with one attached hydrogen (secondary N) is 1. The molecular weight excluding hydrogens is 230 g/mol. The van der Waals surface area contributed by atoms with Gasteiger partial charge in [0.15, 0.2) is 0 Å². The summed E-state index contributed by atoms with van der Waals surface area (Å²) in [5.41, 5.74) is 1.00. The predicted octanol–water partition coefficient (Wildman–Crippen LogP) is 1.000. The number of aliphatic hydroxyl groups excluding tert-OH is 1. The van der Waals surface area contributed by atoms with Crippen LogP contribution in [0.25, 0.3) is 0 Å². The summed E-state index contributed by atoms with van der Waals surface area (Å²) in [5.74, 6) is 0.254. The van der Waals surface area contributed by atoms with E-state index < -0.39 is 6.61 Å². The topological polar surface area (TPSA) is 58.6 Å². The lowest BCUT2D eigenvalue weighted by atomic mass is 10.1. The van der Waals surface area contributed by atoms with Crippen molar-refractivity contribution >= 4 is 17.5 Å². The fourth-order valence-corrected chi connectivity index (χ4v) is 1.55. The minimum atomic E-state index is -0.483. The lowest BCUT2D eigenvalue weighted by molar-refractivity contribution is -0.123. The number of methoxy groups -OCH3 is 1. The van der Waals surface area contributed by atoms with Crippen LogP contribution in [0.4, 0.5) is 0 Å². The summed E-state index contributed by atoms with van der Waals surface area (Å²) >= 11 is 5.95. The number of carbonyl (C=O) groups is 1. The van der Waals surface area contributed by atoms with Crippen LogP contribution < -0.4 is 10.1 Å². The SMILES string of the molecule is COc1ccc(CCNC(=O)CO)cc1Cl. The minimum Gasteiger partial charge on any atom is -0.495 e. The molecule has 0 aliphatic carbocycles. The molecule has 0 saturated carbocycles. The lowest BCUT2D eigenvalue weighted by Crippen LogP contribution is -2.28. The van der Waals surface area contributed by atoms with Gasteiger partial charge in [-0.25, -0.2) is 0 Å². The Morgan fingerprint density at radius 2 is 2.31 bits per heavy atom. The third kappa shape index (κ3) is 3.72. The molecule has 0 atom stereocenters. The summed E-state index contributed by atoms with van der Waals surface area (Å²) in [6.45, 7) is -0.00851. The van der Waals surface area contributed by atoms with Crippen LogP contribution in [-0.2, 0) is 11.2 Å². The second kappa shape index (κ2) is 6.35. The monoisotopic (exact) mass is 243 g/mol. The van der Waals surface area contributed by atoms with Crippen molar-refractivity contribution < 1.29 is 14.6 Å². The molecule has 0 aromatic heterocycles. The molecule has 1 aromatic carbocycles. The van der Waals surface area contributed by atoms with Crippen LogP contribution in [0.5, 0.6) is 5.75 Å². The molecule has 0 saturated heterocycles. The van der Waals surface area contributed by atoms with Crippen LogP contribution in [0, 0.1) is 0 Å². The standard InChI is InChI=1S/C11H14ClNO3/c1-16-10-3-2-8(6-9(10)12)4-5-13-11(15)7-14/h2-3,6,14H,4-5,7H2,1H3,(H,13,15). The Balaban J connectivity index is 2.49. The van der Waals surface area contributed by atoms with Crippen molar-refractivity contribution in [3.63, 3.8) is 0 Å². The van der Waals surface area contributed by atoms with Crippen molar-refractivity contribution in [2.45, 2.75) is 6.42 Å². The zero-order valence-corrected chi connectivity index (χ0v) is 9.75. The lowest BCUT2D eigenvalue weighted by Gasteiger charge is -2.06. The van der Waals surface area contributed by atoms with Gasteiger partial charge in [0.25, 0.3) is 0 Å². The van der Waals surface area contributed by atoms with Gasteiger partial charge in [-0.3, -0.25) is 4.79 Å². The first-order chi connectivity index (χ1) is 7.67. The molecule has 0 aliphatic rings. The predicted molar refractivity (Wildman–Crippen MR) is 61.8 cm³/mol. The molecule has 5 heteroatoms. The van der Waals surface area contributed by atoms with Crippen LogP contribution in [0.2, 0.25) is 5.02 Å². The zero-order valence-electron chi connectivity index (χ0n) is 9.00. The third-order valence-corrected chi connectivity index (χ3v) is 2.39. The normalized spacial score (nSPS) is 9.94. The highest BCUT2D eigenvalue weighted by molar-refractivity contribution is 6.32. The van der Waals surface area contributed by atoms with E-state index in [2.05, 4.69) is 5.32 Å². The molecule has 0 radical (unpaired) electrons. The second-order valence-corrected chi connectivity index (χ2v) is 3.63. The number of hydrogen-bond donors (Lipinski definition) is 2. The molecule has 0 unspecified atom stereocenters. The summed E-state index contributed by atoms with van der Waals surface area (Å²) in [5, 5.41) is 11.6. The Kier molecular flexibility index (Phi) is 5.08.